The Kier molecular flexibility index (Phi) is 10.1. The Balaban J connectivity index is 1.36. The third kappa shape index (κ3) is 7.85. The van der Waals surface area contributed by atoms with Crippen molar-refractivity contribution in [3.63, 3.8) is 0 Å². The van der Waals surface area contributed by atoms with Crippen LogP contribution in [0.15, 0.2) is 84.3 Å². The summed E-state index contributed by atoms with van der Waals surface area (Å²) in [6, 6.07) is 23.6. The minimum absolute atomic E-state index is 0.0121. The molecule has 1 fully saturated rings. The number of nitrogens with zero attached hydrogens (tertiary/aromatic N) is 3. The molecule has 1 aliphatic rings. The van der Waals surface area contributed by atoms with Gasteiger partial charge >= 0.3 is 0 Å². The summed E-state index contributed by atoms with van der Waals surface area (Å²) in [7, 11) is 1.91. The summed E-state index contributed by atoms with van der Waals surface area (Å²) in [4.78, 5) is 12.0. The van der Waals surface area contributed by atoms with Gasteiger partial charge in [-0.25, -0.2) is 0 Å². The van der Waals surface area contributed by atoms with Crippen LogP contribution in [0.4, 0.5) is 0 Å². The maximum Gasteiger partial charge on any atom is 0.272 e. The van der Waals surface area contributed by atoms with Crippen molar-refractivity contribution in [2.24, 2.45) is 7.05 Å². The van der Waals surface area contributed by atoms with Crippen molar-refractivity contribution < 1.29 is 19.4 Å². The van der Waals surface area contributed by atoms with E-state index in [1.807, 2.05) is 84.4 Å². The molecule has 42 heavy (non-hydrogen) atoms. The van der Waals surface area contributed by atoms with Gasteiger partial charge in [0, 0.05) is 31.3 Å². The Morgan fingerprint density at radius 2 is 1.76 bits per heavy atom. The van der Waals surface area contributed by atoms with Gasteiger partial charge in [-0.05, 0) is 39.9 Å². The number of aromatic nitrogens is 3. The average Bonchev–Trinajstić information content (AvgIpc) is 3.42. The monoisotopic (exact) mass is 646 g/mol. The van der Waals surface area contributed by atoms with E-state index in [-0.39, 0.29) is 25.4 Å². The molecule has 0 saturated carbocycles. The zero-order valence-corrected chi connectivity index (χ0v) is 25.7. The number of hydrogen-bond acceptors (Lipinski definition) is 7. The molecule has 4 aromatic rings. The molecule has 12 heteroatoms. The van der Waals surface area contributed by atoms with Crippen LogP contribution in [0.1, 0.15) is 41.1 Å². The first-order chi connectivity index (χ1) is 20.2. The second-order valence-electron chi connectivity index (χ2n) is 9.89. The number of halogens is 3. The average molecular weight is 648 g/mol. The zero-order valence-electron chi connectivity index (χ0n) is 22.6. The van der Waals surface area contributed by atoms with Crippen LogP contribution < -0.4 is 5.32 Å². The van der Waals surface area contributed by atoms with Gasteiger partial charge in [0.15, 0.2) is 11.4 Å². The molecule has 0 radical (unpaired) electrons. The first kappa shape index (κ1) is 30.8. The van der Waals surface area contributed by atoms with Crippen molar-refractivity contribution >= 4 is 52.5 Å². The first-order valence-corrected chi connectivity index (χ1v) is 15.3. The molecule has 220 valence electrons. The summed E-state index contributed by atoms with van der Waals surface area (Å²) >= 11 is 18.6. The lowest BCUT2D eigenvalue weighted by Gasteiger charge is -2.36. The van der Waals surface area contributed by atoms with Crippen LogP contribution >= 0.6 is 46.6 Å². The smallest absolute Gasteiger partial charge is 0.272 e. The molecular weight excluding hydrogens is 619 g/mol. The van der Waals surface area contributed by atoms with E-state index in [1.54, 1.807) is 18.1 Å². The fraction of sp³-hybridized carbons (Fsp3) is 0.300. The lowest BCUT2D eigenvalue weighted by atomic mass is 9.99. The summed E-state index contributed by atoms with van der Waals surface area (Å²) in [6.07, 6.45) is 1.44. The van der Waals surface area contributed by atoms with E-state index in [0.29, 0.717) is 12.2 Å². The first-order valence-electron chi connectivity index (χ1n) is 13.2. The summed E-state index contributed by atoms with van der Waals surface area (Å²) in [6.45, 7) is 0.207. The molecule has 2 N–H and O–H groups in total. The van der Waals surface area contributed by atoms with Gasteiger partial charge in [-0.3, -0.25) is 4.79 Å². The van der Waals surface area contributed by atoms with Gasteiger partial charge in [-0.1, -0.05) is 107 Å². The summed E-state index contributed by atoms with van der Waals surface area (Å²) < 4.78 is 12.9. The minimum Gasteiger partial charge on any atom is -0.392 e. The number of thioether (sulfide) groups is 1. The van der Waals surface area contributed by atoms with E-state index in [9.17, 15) is 9.90 Å². The van der Waals surface area contributed by atoms with E-state index in [4.69, 9.17) is 44.3 Å². The van der Waals surface area contributed by atoms with Gasteiger partial charge in [-0.2, -0.15) is 0 Å². The number of aliphatic hydroxyl groups excluding tert-OH is 1. The molecule has 1 saturated heterocycles. The quantitative estimate of drug-likeness (QED) is 0.163. The van der Waals surface area contributed by atoms with Gasteiger partial charge in [0.2, 0.25) is 0 Å². The molecule has 8 nitrogen and oxygen atoms in total. The maximum atomic E-state index is 12.0. The molecule has 3 aromatic carbocycles. The standard InChI is InChI=1S/C30H29Cl3N4O4S/c1-37-18-35-36-29(37)42-17-25-14-26(21-10-8-19(16-38)9-11-21)41-27(40-25)24-7-3-6-23(13-24)22-5-2-4-20(12-22)15-34-28(39)30(31,32)33/h2-13,18,25-27,38H,14-17H2,1H3,(H,34,39). The van der Waals surface area contributed by atoms with Crippen LogP contribution in [0, 0.1) is 0 Å². The number of carbonyl (C=O) groups excluding carboxylic acids is 1. The Morgan fingerprint density at radius 1 is 1.02 bits per heavy atom. The number of rotatable bonds is 9. The van der Waals surface area contributed by atoms with Crippen molar-refractivity contribution in [1.29, 1.82) is 0 Å². The topological polar surface area (TPSA) is 98.5 Å². The largest absolute Gasteiger partial charge is 0.392 e. The van der Waals surface area contributed by atoms with Gasteiger partial charge in [0.25, 0.3) is 9.70 Å². The van der Waals surface area contributed by atoms with E-state index in [2.05, 4.69) is 15.5 Å². The van der Waals surface area contributed by atoms with Crippen molar-refractivity contribution in [2.75, 3.05) is 5.75 Å². The predicted octanol–water partition coefficient (Wildman–Crippen LogP) is 6.30. The highest BCUT2D eigenvalue weighted by molar-refractivity contribution is 7.99. The fourth-order valence-corrected chi connectivity index (χ4v) is 5.71. The number of hydrogen-bond donors (Lipinski definition) is 2. The summed E-state index contributed by atoms with van der Waals surface area (Å²) in [5, 5.41) is 21.1. The summed E-state index contributed by atoms with van der Waals surface area (Å²) in [5.74, 6) is -0.00171. The van der Waals surface area contributed by atoms with Crippen LogP contribution in [0.3, 0.4) is 0 Å². The zero-order chi connectivity index (χ0) is 29.7. The molecule has 0 spiro atoms. The number of amides is 1. The third-order valence-electron chi connectivity index (χ3n) is 6.81. The Morgan fingerprint density at radius 3 is 2.45 bits per heavy atom. The van der Waals surface area contributed by atoms with E-state index in [1.165, 1.54) is 0 Å². The number of aliphatic hydroxyl groups is 1. The Labute approximate surface area is 263 Å². The normalized spacial score (nSPS) is 19.0. The van der Waals surface area contributed by atoms with Crippen LogP contribution in [0.25, 0.3) is 11.1 Å². The second-order valence-corrected chi connectivity index (χ2v) is 13.2. The molecular formula is C30H29Cl3N4O4S. The lowest BCUT2D eigenvalue weighted by Crippen LogP contribution is -2.33. The molecule has 0 bridgehead atoms. The van der Waals surface area contributed by atoms with Crippen LogP contribution in [-0.2, 0) is 34.5 Å². The van der Waals surface area contributed by atoms with E-state index >= 15 is 0 Å². The van der Waals surface area contributed by atoms with Crippen molar-refractivity contribution in [3.05, 3.63) is 101 Å². The molecule has 1 amide bonds. The molecule has 2 heterocycles. The number of benzene rings is 3. The van der Waals surface area contributed by atoms with Crippen molar-refractivity contribution in [3.8, 4) is 11.1 Å². The van der Waals surface area contributed by atoms with Crippen LogP contribution in [-0.4, -0.2) is 41.4 Å². The van der Waals surface area contributed by atoms with Gasteiger partial charge < -0.3 is 24.5 Å². The maximum absolute atomic E-state index is 12.0. The van der Waals surface area contributed by atoms with Gasteiger partial charge in [-0.15, -0.1) is 10.2 Å². The Hall–Kier alpha value is -2.63. The SMILES string of the molecule is Cn1cnnc1SCC1CC(c2ccc(CO)cc2)OC(c2cccc(-c3cccc(CNC(=O)C(Cl)(Cl)Cl)c3)c2)O1. The number of alkyl halides is 3. The fourth-order valence-electron chi connectivity index (χ4n) is 4.60. The number of carbonyl (C=O) groups is 1. The second kappa shape index (κ2) is 13.8. The highest BCUT2D eigenvalue weighted by Gasteiger charge is 2.33. The van der Waals surface area contributed by atoms with Gasteiger partial charge in [0.05, 0.1) is 18.8 Å². The van der Waals surface area contributed by atoms with E-state index in [0.717, 1.165) is 38.5 Å². The molecule has 0 aliphatic carbocycles. The van der Waals surface area contributed by atoms with E-state index < -0.39 is 16.0 Å². The minimum atomic E-state index is -2.02. The Bertz CT molecular complexity index is 1510. The number of ether oxygens (including phenoxy) is 2. The lowest BCUT2D eigenvalue weighted by molar-refractivity contribution is -0.245. The van der Waals surface area contributed by atoms with Crippen molar-refractivity contribution in [1.82, 2.24) is 20.1 Å². The third-order valence-corrected chi connectivity index (χ3v) is 8.49. The molecule has 1 aromatic heterocycles. The molecule has 1 aliphatic heterocycles. The summed E-state index contributed by atoms with van der Waals surface area (Å²) in [5.41, 5.74) is 5.53. The highest BCUT2D eigenvalue weighted by Crippen LogP contribution is 2.40. The molecule has 5 rings (SSSR count). The van der Waals surface area contributed by atoms with Crippen molar-refractivity contribution in [2.45, 2.75) is 47.0 Å². The van der Waals surface area contributed by atoms with Crippen LogP contribution in [0.2, 0.25) is 0 Å². The highest BCUT2D eigenvalue weighted by atomic mass is 35.6. The molecule has 3 unspecified atom stereocenters. The van der Waals surface area contributed by atoms with Crippen LogP contribution in [0.5, 0.6) is 0 Å². The number of aryl methyl sites for hydroxylation is 1. The molecule has 3 atom stereocenters. The van der Waals surface area contributed by atoms with Gasteiger partial charge in [0.1, 0.15) is 6.33 Å². The predicted molar refractivity (Wildman–Crippen MR) is 164 cm³/mol. The number of nitrogens with one attached hydrogen (secondary N) is 1.